The Kier molecular flexibility index (Phi) is 5.49. The van der Waals surface area contributed by atoms with Crippen LogP contribution < -0.4 is 5.32 Å². The summed E-state index contributed by atoms with van der Waals surface area (Å²) >= 11 is 0. The van der Waals surface area contributed by atoms with E-state index < -0.39 is 54.5 Å². The van der Waals surface area contributed by atoms with Gasteiger partial charge in [-0.2, -0.15) is 18.3 Å². The Morgan fingerprint density at radius 1 is 1.26 bits per heavy atom. The van der Waals surface area contributed by atoms with Crippen molar-refractivity contribution < 1.29 is 37.8 Å². The second kappa shape index (κ2) is 8.18. The minimum Gasteiger partial charge on any atom is -0.476 e. The number of likely N-dealkylation sites (tertiary alicyclic amines) is 1. The van der Waals surface area contributed by atoms with Gasteiger partial charge >= 0.3 is 12.1 Å². The third kappa shape index (κ3) is 4.11. The smallest absolute Gasteiger partial charge is 0.417 e. The van der Waals surface area contributed by atoms with Crippen LogP contribution in [0.15, 0.2) is 18.5 Å². The zero-order valence-electron chi connectivity index (χ0n) is 18.5. The molecule has 2 saturated carbocycles. The maximum Gasteiger partial charge on any atom is 0.417 e. The number of halogens is 3. The summed E-state index contributed by atoms with van der Waals surface area (Å²) in [7, 11) is 0. The highest BCUT2D eigenvalue weighted by atomic mass is 19.4. The summed E-state index contributed by atoms with van der Waals surface area (Å²) in [6.45, 7) is -0.306. The predicted molar refractivity (Wildman–Crippen MR) is 113 cm³/mol. The molecule has 0 bridgehead atoms. The van der Waals surface area contributed by atoms with E-state index >= 15 is 0 Å². The largest absolute Gasteiger partial charge is 0.476 e. The van der Waals surface area contributed by atoms with Crippen LogP contribution in [0.2, 0.25) is 0 Å². The Balaban J connectivity index is 1.31. The number of aromatic nitrogens is 3. The standard InChI is InChI=1S/C22H24F3N5O5/c23-22(24,25)21(35)4-1-2-12(8-21)27-19(32)15-7-11-6-14(11)30(15)17(31)10-29-16-9-26-5-3-13(16)18(28-29)20(33)34/h3,5,9,11-12,14-15,35H,1-2,4,6-8,10H2,(H,27,32)(H,33,34)/t11-,12?,14-,15+,21?/m1/s1. The van der Waals surface area contributed by atoms with Gasteiger partial charge in [-0.15, -0.1) is 0 Å². The topological polar surface area (TPSA) is 138 Å². The number of aliphatic hydroxyl groups is 1. The van der Waals surface area contributed by atoms with Crippen LogP contribution in [-0.4, -0.2) is 77.6 Å². The minimum atomic E-state index is -4.79. The van der Waals surface area contributed by atoms with Crippen LogP contribution in [0.4, 0.5) is 13.2 Å². The number of carboxylic acid groups (broad SMARTS) is 1. The molecule has 5 rings (SSSR count). The third-order valence-corrected chi connectivity index (χ3v) is 7.34. The Labute approximate surface area is 197 Å². The summed E-state index contributed by atoms with van der Waals surface area (Å²) in [6.07, 6.45) is -1.44. The van der Waals surface area contributed by atoms with Crippen molar-refractivity contribution in [2.75, 3.05) is 0 Å². The summed E-state index contributed by atoms with van der Waals surface area (Å²) in [4.78, 5) is 43.2. The first-order valence-electron chi connectivity index (χ1n) is 11.4. The Morgan fingerprint density at radius 3 is 2.74 bits per heavy atom. The van der Waals surface area contributed by atoms with Crippen molar-refractivity contribution >= 4 is 28.7 Å². The normalized spacial score (nSPS) is 30.2. The Hall–Kier alpha value is -3.22. The second-order valence-electron chi connectivity index (χ2n) is 9.65. The molecule has 0 spiro atoms. The number of carboxylic acids is 1. The molecule has 13 heteroatoms. The summed E-state index contributed by atoms with van der Waals surface area (Å²) in [5.41, 5.74) is -2.70. The lowest BCUT2D eigenvalue weighted by Crippen LogP contribution is -2.56. The first-order chi connectivity index (χ1) is 16.5. The van der Waals surface area contributed by atoms with Crippen LogP contribution >= 0.6 is 0 Å². The lowest BCUT2D eigenvalue weighted by atomic mass is 9.81. The maximum atomic E-state index is 13.3. The van der Waals surface area contributed by atoms with Crippen LogP contribution in [0.1, 0.15) is 49.0 Å². The molecule has 5 atom stereocenters. The van der Waals surface area contributed by atoms with E-state index in [1.54, 1.807) is 0 Å². The number of nitrogens with one attached hydrogen (secondary N) is 1. The molecule has 0 radical (unpaired) electrons. The Bertz CT molecular complexity index is 1200. The van der Waals surface area contributed by atoms with Crippen LogP contribution in [0.3, 0.4) is 0 Å². The van der Waals surface area contributed by atoms with Crippen LogP contribution in [0.25, 0.3) is 10.9 Å². The van der Waals surface area contributed by atoms with Crippen molar-refractivity contribution in [2.24, 2.45) is 5.92 Å². The van der Waals surface area contributed by atoms with Crippen LogP contribution in [0.5, 0.6) is 0 Å². The Morgan fingerprint density at radius 2 is 2.03 bits per heavy atom. The molecule has 3 aliphatic rings. The van der Waals surface area contributed by atoms with Gasteiger partial charge in [0.15, 0.2) is 11.3 Å². The monoisotopic (exact) mass is 495 g/mol. The maximum absolute atomic E-state index is 13.3. The predicted octanol–water partition coefficient (Wildman–Crippen LogP) is 1.47. The molecule has 2 aromatic heterocycles. The van der Waals surface area contributed by atoms with Gasteiger partial charge in [0.25, 0.3) is 0 Å². The zero-order valence-corrected chi connectivity index (χ0v) is 18.5. The van der Waals surface area contributed by atoms with Gasteiger partial charge in [0.2, 0.25) is 11.8 Å². The van der Waals surface area contributed by atoms with Crippen LogP contribution in [-0.2, 0) is 16.1 Å². The molecule has 2 aromatic rings. The number of carbonyl (C=O) groups excluding carboxylic acids is 2. The molecule has 35 heavy (non-hydrogen) atoms. The number of amides is 2. The fraction of sp³-hybridized carbons (Fsp3) is 0.591. The van der Waals surface area contributed by atoms with Crippen molar-refractivity contribution in [1.29, 1.82) is 0 Å². The van der Waals surface area contributed by atoms with Crippen molar-refractivity contribution in [3.63, 3.8) is 0 Å². The number of aromatic carboxylic acids is 1. The molecule has 0 aromatic carbocycles. The van der Waals surface area contributed by atoms with Crippen molar-refractivity contribution in [2.45, 2.75) is 75.0 Å². The van der Waals surface area contributed by atoms with E-state index in [4.69, 9.17) is 0 Å². The molecular formula is C22H24F3N5O5. The van der Waals surface area contributed by atoms with E-state index in [0.29, 0.717) is 23.7 Å². The third-order valence-electron chi connectivity index (χ3n) is 7.34. The molecule has 1 saturated heterocycles. The van der Waals surface area contributed by atoms with Crippen LogP contribution in [0, 0.1) is 5.92 Å². The molecule has 3 heterocycles. The number of carbonyl (C=O) groups is 3. The van der Waals surface area contributed by atoms with E-state index in [0.717, 1.165) is 6.42 Å². The summed E-state index contributed by atoms with van der Waals surface area (Å²) < 4.78 is 41.0. The van der Waals surface area contributed by atoms with Gasteiger partial charge in [-0.25, -0.2) is 4.79 Å². The molecule has 188 valence electrons. The highest BCUT2D eigenvalue weighted by molar-refractivity contribution is 6.01. The number of piperidine rings is 1. The molecule has 1 aliphatic heterocycles. The van der Waals surface area contributed by atoms with Gasteiger partial charge in [0.1, 0.15) is 12.6 Å². The van der Waals surface area contributed by atoms with Gasteiger partial charge < -0.3 is 20.4 Å². The number of hydrogen-bond acceptors (Lipinski definition) is 6. The highest BCUT2D eigenvalue weighted by Gasteiger charge is 2.58. The number of pyridine rings is 1. The fourth-order valence-electron chi connectivity index (χ4n) is 5.49. The molecule has 3 N–H and O–H groups in total. The van der Waals surface area contributed by atoms with E-state index in [9.17, 15) is 37.8 Å². The summed E-state index contributed by atoms with van der Waals surface area (Å²) in [6, 6.07) is -0.347. The first-order valence-corrected chi connectivity index (χ1v) is 11.4. The molecule has 2 amide bonds. The number of nitrogens with zero attached hydrogens (tertiary/aromatic N) is 4. The number of alkyl halides is 3. The van der Waals surface area contributed by atoms with E-state index in [1.165, 1.54) is 28.0 Å². The molecule has 2 aliphatic carbocycles. The molecule has 3 fully saturated rings. The van der Waals surface area contributed by atoms with E-state index in [1.807, 2.05) is 0 Å². The average molecular weight is 495 g/mol. The van der Waals surface area contributed by atoms with Crippen molar-refractivity contribution in [1.82, 2.24) is 25.0 Å². The lowest BCUT2D eigenvalue weighted by molar-refractivity contribution is -0.271. The fourth-order valence-corrected chi connectivity index (χ4v) is 5.49. The average Bonchev–Trinajstić information content (AvgIpc) is 3.28. The van der Waals surface area contributed by atoms with Gasteiger partial charge in [0, 0.05) is 30.1 Å². The van der Waals surface area contributed by atoms with E-state index in [2.05, 4.69) is 15.4 Å². The number of rotatable bonds is 5. The number of hydrogen-bond donors (Lipinski definition) is 3. The molecule has 2 unspecified atom stereocenters. The van der Waals surface area contributed by atoms with Gasteiger partial charge in [-0.05, 0) is 44.1 Å². The van der Waals surface area contributed by atoms with Gasteiger partial charge in [-0.1, -0.05) is 0 Å². The molecule has 10 nitrogen and oxygen atoms in total. The minimum absolute atomic E-state index is 0.117. The van der Waals surface area contributed by atoms with Gasteiger partial charge in [-0.3, -0.25) is 19.3 Å². The second-order valence-corrected chi connectivity index (χ2v) is 9.65. The number of fused-ring (bicyclic) bond motifs is 2. The summed E-state index contributed by atoms with van der Waals surface area (Å²) in [5, 5.41) is 26.4. The SMILES string of the molecule is O=C(O)c1nn(CC(=O)N2[C@@H]3C[C@@H]3C[C@H]2C(=O)NC2CCCC(O)(C(F)(F)F)C2)c2cnccc12. The van der Waals surface area contributed by atoms with E-state index in [-0.39, 0.29) is 30.6 Å². The lowest BCUT2D eigenvalue weighted by Gasteiger charge is -2.39. The first kappa shape index (κ1) is 23.5. The van der Waals surface area contributed by atoms with Gasteiger partial charge in [0.05, 0.1) is 11.7 Å². The van der Waals surface area contributed by atoms with Crippen molar-refractivity contribution in [3.05, 3.63) is 24.2 Å². The zero-order chi connectivity index (χ0) is 25.1. The quantitative estimate of drug-likeness (QED) is 0.571. The van der Waals surface area contributed by atoms with Crippen molar-refractivity contribution in [3.8, 4) is 0 Å². The highest BCUT2D eigenvalue weighted by Crippen LogP contribution is 2.48. The molecular weight excluding hydrogens is 471 g/mol. The summed E-state index contributed by atoms with van der Waals surface area (Å²) in [5.74, 6) is -2.09.